The van der Waals surface area contributed by atoms with Crippen LogP contribution in [-0.4, -0.2) is 14.5 Å². The smallest absolute Gasteiger partial charge is 0.216 e. The van der Waals surface area contributed by atoms with Gasteiger partial charge in [-0.3, -0.25) is 0 Å². The zero-order valence-electron chi connectivity index (χ0n) is 11.2. The van der Waals surface area contributed by atoms with Crippen molar-refractivity contribution in [3.63, 3.8) is 0 Å². The highest BCUT2D eigenvalue weighted by Crippen LogP contribution is 2.12. The van der Waals surface area contributed by atoms with Crippen LogP contribution in [-0.2, 0) is 22.3 Å². The number of rotatable bonds is 6. The van der Waals surface area contributed by atoms with E-state index in [1.807, 2.05) is 45.0 Å². The number of sulfonamides is 1. The van der Waals surface area contributed by atoms with Gasteiger partial charge in [0.15, 0.2) is 0 Å². The molecule has 18 heavy (non-hydrogen) atoms. The Kier molecular flexibility index (Phi) is 5.31. The van der Waals surface area contributed by atoms with Gasteiger partial charge in [-0.15, -0.1) is 0 Å². The topological polar surface area (TPSA) is 72.2 Å². The molecule has 0 aliphatic rings. The molecule has 102 valence electrons. The molecule has 0 radical (unpaired) electrons. The molecule has 0 fully saturated rings. The van der Waals surface area contributed by atoms with Gasteiger partial charge in [-0.2, -0.15) is 0 Å². The van der Waals surface area contributed by atoms with Gasteiger partial charge in [-0.05, 0) is 24.0 Å². The maximum atomic E-state index is 12.0. The molecule has 0 aliphatic heterocycles. The Morgan fingerprint density at radius 2 is 1.72 bits per heavy atom. The fraction of sp³-hybridized carbons (Fsp3) is 0.538. The molecule has 0 aliphatic carbocycles. The summed E-state index contributed by atoms with van der Waals surface area (Å²) in [6, 6.07) is 7.29. The Morgan fingerprint density at radius 1 is 1.17 bits per heavy atom. The molecule has 0 heterocycles. The van der Waals surface area contributed by atoms with Gasteiger partial charge in [-0.1, -0.05) is 38.1 Å². The molecular weight excluding hydrogens is 248 g/mol. The number of hydrogen-bond acceptors (Lipinski definition) is 3. The molecule has 0 aromatic heterocycles. The molecule has 1 aromatic carbocycles. The highest BCUT2D eigenvalue weighted by atomic mass is 32.2. The molecule has 5 heteroatoms. The van der Waals surface area contributed by atoms with Crippen molar-refractivity contribution in [2.75, 3.05) is 0 Å². The second-order valence-corrected chi connectivity index (χ2v) is 6.64. The second kappa shape index (κ2) is 6.31. The molecule has 3 N–H and O–H groups in total. The largest absolute Gasteiger partial charge is 0.326 e. The lowest BCUT2D eigenvalue weighted by Crippen LogP contribution is -2.37. The minimum atomic E-state index is -3.32. The molecule has 1 aromatic rings. The summed E-state index contributed by atoms with van der Waals surface area (Å²) in [5.74, 6) is 0.252. The third-order valence-electron chi connectivity index (χ3n) is 3.05. The van der Waals surface area contributed by atoms with Gasteiger partial charge in [0.25, 0.3) is 0 Å². The molecule has 0 spiro atoms. The lowest BCUT2D eigenvalue weighted by molar-refractivity contribution is 0.476. The van der Waals surface area contributed by atoms with Crippen LogP contribution in [0.5, 0.6) is 0 Å². The van der Waals surface area contributed by atoms with Crippen LogP contribution >= 0.6 is 0 Å². The number of benzene rings is 1. The summed E-state index contributed by atoms with van der Waals surface area (Å²) < 4.78 is 26.7. The quantitative estimate of drug-likeness (QED) is 0.825. The molecule has 0 saturated carbocycles. The van der Waals surface area contributed by atoms with Crippen molar-refractivity contribution in [2.24, 2.45) is 11.7 Å². The van der Waals surface area contributed by atoms with E-state index in [4.69, 9.17) is 5.73 Å². The molecule has 0 bridgehead atoms. The number of nitrogens with two attached hydrogens (primary N) is 1. The first-order valence-electron chi connectivity index (χ1n) is 6.12. The summed E-state index contributed by atoms with van der Waals surface area (Å²) in [5, 5.41) is 0. The summed E-state index contributed by atoms with van der Waals surface area (Å²) >= 11 is 0. The predicted octanol–water partition coefficient (Wildman–Crippen LogP) is 1.61. The summed E-state index contributed by atoms with van der Waals surface area (Å²) in [6.07, 6.45) is 0. The molecule has 0 saturated heterocycles. The third-order valence-corrected chi connectivity index (χ3v) is 4.47. The maximum absolute atomic E-state index is 12.0. The van der Waals surface area contributed by atoms with Crippen molar-refractivity contribution in [3.05, 3.63) is 35.4 Å². The first-order chi connectivity index (χ1) is 8.35. The summed E-state index contributed by atoms with van der Waals surface area (Å²) in [7, 11) is -3.32. The maximum Gasteiger partial charge on any atom is 0.216 e. The first-order valence-corrected chi connectivity index (χ1v) is 7.78. The van der Waals surface area contributed by atoms with E-state index in [0.717, 1.165) is 11.1 Å². The van der Waals surface area contributed by atoms with Crippen LogP contribution in [0.2, 0.25) is 0 Å². The van der Waals surface area contributed by atoms with E-state index in [1.165, 1.54) is 0 Å². The lowest BCUT2D eigenvalue weighted by atomic mass is 10.1. The Bertz CT molecular complexity index is 484. The summed E-state index contributed by atoms with van der Waals surface area (Å²) in [5.41, 5.74) is 7.25. The van der Waals surface area contributed by atoms with Gasteiger partial charge in [0.1, 0.15) is 0 Å². The standard InChI is InChI=1S/C13H22N2O2S/c1-10(2)11(3)15-18(16,17)9-13-7-5-4-6-12(13)8-14/h4-7,10-11,15H,8-9,14H2,1-3H3. The Morgan fingerprint density at radius 3 is 2.22 bits per heavy atom. The monoisotopic (exact) mass is 270 g/mol. The van der Waals surface area contributed by atoms with Gasteiger partial charge in [0.2, 0.25) is 10.0 Å². The predicted molar refractivity (Wildman–Crippen MR) is 74.4 cm³/mol. The molecule has 0 amide bonds. The van der Waals surface area contributed by atoms with Crippen LogP contribution in [0.25, 0.3) is 0 Å². The van der Waals surface area contributed by atoms with Gasteiger partial charge < -0.3 is 5.73 Å². The average Bonchev–Trinajstić information content (AvgIpc) is 2.28. The minimum Gasteiger partial charge on any atom is -0.326 e. The van der Waals surface area contributed by atoms with E-state index >= 15 is 0 Å². The fourth-order valence-corrected chi connectivity index (χ4v) is 3.18. The molecule has 1 atom stereocenters. The number of nitrogens with one attached hydrogen (secondary N) is 1. The Labute approximate surface area is 110 Å². The van der Waals surface area contributed by atoms with Crippen LogP contribution in [0.15, 0.2) is 24.3 Å². The highest BCUT2D eigenvalue weighted by molar-refractivity contribution is 7.88. The van der Waals surface area contributed by atoms with Crippen molar-refractivity contribution >= 4 is 10.0 Å². The lowest BCUT2D eigenvalue weighted by Gasteiger charge is -2.18. The zero-order chi connectivity index (χ0) is 13.8. The Balaban J connectivity index is 2.83. The van der Waals surface area contributed by atoms with Gasteiger partial charge in [-0.25, -0.2) is 13.1 Å². The van der Waals surface area contributed by atoms with E-state index in [9.17, 15) is 8.42 Å². The molecule has 1 rings (SSSR count). The van der Waals surface area contributed by atoms with Crippen LogP contribution in [0.1, 0.15) is 31.9 Å². The zero-order valence-corrected chi connectivity index (χ0v) is 12.0. The number of hydrogen-bond donors (Lipinski definition) is 2. The first kappa shape index (κ1) is 15.1. The second-order valence-electron chi connectivity index (χ2n) is 4.88. The van der Waals surface area contributed by atoms with Crippen molar-refractivity contribution in [2.45, 2.75) is 39.1 Å². The van der Waals surface area contributed by atoms with Crippen molar-refractivity contribution in [1.82, 2.24) is 4.72 Å². The highest BCUT2D eigenvalue weighted by Gasteiger charge is 2.18. The van der Waals surface area contributed by atoms with Crippen LogP contribution < -0.4 is 10.5 Å². The minimum absolute atomic E-state index is 0.0164. The van der Waals surface area contributed by atoms with Crippen LogP contribution in [0, 0.1) is 5.92 Å². The summed E-state index contributed by atoms with van der Waals surface area (Å²) in [6.45, 7) is 6.20. The van der Waals surface area contributed by atoms with Gasteiger partial charge in [0, 0.05) is 12.6 Å². The van der Waals surface area contributed by atoms with E-state index in [1.54, 1.807) is 0 Å². The normalized spacial score (nSPS) is 13.8. The van der Waals surface area contributed by atoms with E-state index < -0.39 is 10.0 Å². The molecule has 4 nitrogen and oxygen atoms in total. The van der Waals surface area contributed by atoms with Gasteiger partial charge in [0.05, 0.1) is 5.75 Å². The van der Waals surface area contributed by atoms with Gasteiger partial charge >= 0.3 is 0 Å². The fourth-order valence-electron chi connectivity index (χ4n) is 1.56. The van der Waals surface area contributed by atoms with Crippen LogP contribution in [0.4, 0.5) is 0 Å². The molecule has 1 unspecified atom stereocenters. The Hall–Kier alpha value is -0.910. The van der Waals surface area contributed by atoms with Crippen molar-refractivity contribution in [1.29, 1.82) is 0 Å². The molecular formula is C13H22N2O2S. The average molecular weight is 270 g/mol. The van der Waals surface area contributed by atoms with E-state index in [2.05, 4.69) is 4.72 Å². The SMILES string of the molecule is CC(C)C(C)NS(=O)(=O)Cc1ccccc1CN. The van der Waals surface area contributed by atoms with E-state index in [0.29, 0.717) is 6.54 Å². The third kappa shape index (κ3) is 4.40. The van der Waals surface area contributed by atoms with Crippen molar-refractivity contribution in [3.8, 4) is 0 Å². The van der Waals surface area contributed by atoms with E-state index in [-0.39, 0.29) is 17.7 Å². The summed E-state index contributed by atoms with van der Waals surface area (Å²) in [4.78, 5) is 0. The van der Waals surface area contributed by atoms with Crippen molar-refractivity contribution < 1.29 is 8.42 Å². The van der Waals surface area contributed by atoms with Crippen LogP contribution in [0.3, 0.4) is 0 Å².